The summed E-state index contributed by atoms with van der Waals surface area (Å²) >= 11 is 0. The minimum Gasteiger partial charge on any atom is -0.460 e. The van der Waals surface area contributed by atoms with Crippen LogP contribution in [0, 0.1) is 0 Å². The van der Waals surface area contributed by atoms with Crippen LogP contribution in [-0.2, 0) is 41.9 Å². The Kier molecular flexibility index (Phi) is 10.9. The summed E-state index contributed by atoms with van der Waals surface area (Å²) < 4.78 is 37.3. The minimum absolute atomic E-state index is 0.0154. The molecule has 1 aromatic carbocycles. The van der Waals surface area contributed by atoms with E-state index in [1.807, 2.05) is 19.9 Å². The van der Waals surface area contributed by atoms with E-state index in [-0.39, 0.29) is 43.7 Å². The number of phosphoric ester groups is 1. The molecule has 1 aliphatic rings. The molecule has 3 aromatic rings. The number of ether oxygens (including phenoxy) is 1. The molecule has 45 heavy (non-hydrogen) atoms. The Balaban J connectivity index is 1.70. The van der Waals surface area contributed by atoms with E-state index < -0.39 is 37.2 Å². The minimum atomic E-state index is -3.85. The number of aliphatic hydroxyl groups is 2. The number of benzene rings is 1. The fraction of sp³-hybridized carbons (Fsp3) is 0.545. The van der Waals surface area contributed by atoms with Crippen LogP contribution in [-0.4, -0.2) is 44.5 Å². The van der Waals surface area contributed by atoms with E-state index in [0.717, 1.165) is 18.4 Å². The van der Waals surface area contributed by atoms with Gasteiger partial charge in [-0.3, -0.25) is 18.6 Å². The molecular weight excluding hydrogens is 599 g/mol. The quantitative estimate of drug-likeness (QED) is 0.0851. The standard InChI is InChI=1S/C33H45N2O9P/c1-7-10-14-41-45(40,42-15-11-8-2)44-24-12-13-27-22(17-24)16-23-20-35-28(30(23)34-27)18-26(25(21-36)31(35)38)33(39,9-3)19-29(37)43-32(4,5)6/h12-13,16-18,36,39H,7-11,14-15,19-21H2,1-6H3. The van der Waals surface area contributed by atoms with Crippen LogP contribution in [0.15, 0.2) is 35.1 Å². The van der Waals surface area contributed by atoms with Gasteiger partial charge in [0.25, 0.3) is 5.56 Å². The summed E-state index contributed by atoms with van der Waals surface area (Å²) in [5.74, 6) is -0.316. The first-order valence-corrected chi connectivity index (χ1v) is 17.1. The van der Waals surface area contributed by atoms with Gasteiger partial charge in [0.1, 0.15) is 17.0 Å². The number of hydrogen-bond donors (Lipinski definition) is 2. The van der Waals surface area contributed by atoms with Gasteiger partial charge in [-0.25, -0.2) is 9.55 Å². The molecule has 0 spiro atoms. The maximum atomic E-state index is 13.6. The molecule has 1 atom stereocenters. The summed E-state index contributed by atoms with van der Waals surface area (Å²) in [4.78, 5) is 31.2. The predicted octanol–water partition coefficient (Wildman–Crippen LogP) is 6.37. The molecule has 4 rings (SSSR count). The number of aliphatic hydroxyl groups excluding tert-OH is 1. The summed E-state index contributed by atoms with van der Waals surface area (Å²) in [5.41, 5.74) is -0.413. The molecule has 0 saturated heterocycles. The van der Waals surface area contributed by atoms with Gasteiger partial charge < -0.3 is 24.0 Å². The molecule has 0 saturated carbocycles. The Labute approximate surface area is 264 Å². The van der Waals surface area contributed by atoms with Gasteiger partial charge in [-0.1, -0.05) is 33.6 Å². The largest absolute Gasteiger partial charge is 0.530 e. The number of pyridine rings is 2. The van der Waals surface area contributed by atoms with Crippen molar-refractivity contribution in [3.05, 3.63) is 57.4 Å². The van der Waals surface area contributed by atoms with Crippen molar-refractivity contribution >= 4 is 24.7 Å². The number of aromatic nitrogens is 2. The third-order valence-corrected chi connectivity index (χ3v) is 9.08. The number of hydrogen-bond acceptors (Lipinski definition) is 10. The Bertz CT molecular complexity index is 1630. The van der Waals surface area contributed by atoms with Crippen LogP contribution in [0.25, 0.3) is 22.3 Å². The van der Waals surface area contributed by atoms with E-state index in [0.29, 0.717) is 40.9 Å². The van der Waals surface area contributed by atoms with Crippen molar-refractivity contribution in [1.82, 2.24) is 9.55 Å². The van der Waals surface area contributed by atoms with E-state index in [4.69, 9.17) is 23.3 Å². The SMILES string of the molecule is CCCCOP(=O)(OCCCC)Oc1ccc2nc3c(cc2c1)Cn1c-3cc(C(O)(CC)CC(=O)OC(C)(C)C)c(CO)c1=O. The van der Waals surface area contributed by atoms with Gasteiger partial charge in [0, 0.05) is 16.5 Å². The molecule has 3 heterocycles. The zero-order chi connectivity index (χ0) is 33.0. The molecule has 0 bridgehead atoms. The van der Waals surface area contributed by atoms with E-state index in [9.17, 15) is 24.4 Å². The zero-order valence-corrected chi connectivity index (χ0v) is 27.9. The number of nitrogens with zero attached hydrogens (tertiary/aromatic N) is 2. The van der Waals surface area contributed by atoms with Crippen LogP contribution in [0.5, 0.6) is 5.75 Å². The van der Waals surface area contributed by atoms with Gasteiger partial charge in [-0.15, -0.1) is 0 Å². The van der Waals surface area contributed by atoms with Crippen molar-refractivity contribution in [3.63, 3.8) is 0 Å². The number of carbonyl (C=O) groups is 1. The summed E-state index contributed by atoms with van der Waals surface area (Å²) in [6, 6.07) is 8.58. The molecule has 1 unspecified atom stereocenters. The van der Waals surface area contributed by atoms with Crippen LogP contribution in [0.4, 0.5) is 0 Å². The number of carbonyl (C=O) groups excluding carboxylic acids is 1. The Morgan fingerprint density at radius 2 is 1.71 bits per heavy atom. The second kappa shape index (κ2) is 14.1. The van der Waals surface area contributed by atoms with Crippen LogP contribution in [0.2, 0.25) is 0 Å². The zero-order valence-electron chi connectivity index (χ0n) is 27.1. The normalized spacial score (nSPS) is 14.2. The first-order valence-electron chi connectivity index (χ1n) is 15.6. The van der Waals surface area contributed by atoms with Crippen molar-refractivity contribution in [3.8, 4) is 17.1 Å². The average Bonchev–Trinajstić information content (AvgIpc) is 3.32. The molecule has 0 aliphatic carbocycles. The van der Waals surface area contributed by atoms with Crippen molar-refractivity contribution in [2.45, 2.75) is 104 Å². The highest BCUT2D eigenvalue weighted by Crippen LogP contribution is 2.50. The number of unbranched alkanes of at least 4 members (excludes halogenated alkanes) is 2. The maximum Gasteiger partial charge on any atom is 0.530 e. The maximum absolute atomic E-state index is 13.6. The third kappa shape index (κ3) is 8.02. The topological polar surface area (TPSA) is 146 Å². The lowest BCUT2D eigenvalue weighted by atomic mass is 9.85. The van der Waals surface area contributed by atoms with Gasteiger partial charge in [0.2, 0.25) is 0 Å². The van der Waals surface area contributed by atoms with Crippen molar-refractivity contribution < 1.29 is 37.9 Å². The summed E-state index contributed by atoms with van der Waals surface area (Å²) in [5, 5.41) is 22.6. The van der Waals surface area contributed by atoms with Gasteiger partial charge >= 0.3 is 13.8 Å². The van der Waals surface area contributed by atoms with E-state index in [1.165, 1.54) is 4.57 Å². The lowest BCUT2D eigenvalue weighted by Gasteiger charge is -2.30. The summed E-state index contributed by atoms with van der Waals surface area (Å²) in [6.45, 7) is 11.0. The Morgan fingerprint density at radius 1 is 1.04 bits per heavy atom. The smallest absolute Gasteiger partial charge is 0.460 e. The summed E-state index contributed by atoms with van der Waals surface area (Å²) in [7, 11) is -3.85. The fourth-order valence-corrected chi connectivity index (χ4v) is 6.52. The predicted molar refractivity (Wildman–Crippen MR) is 171 cm³/mol. The monoisotopic (exact) mass is 644 g/mol. The number of esters is 1. The molecule has 246 valence electrons. The number of fused-ring (bicyclic) bond motifs is 4. The molecule has 0 fully saturated rings. The van der Waals surface area contributed by atoms with Gasteiger partial charge in [0.05, 0.1) is 49.7 Å². The highest BCUT2D eigenvalue weighted by molar-refractivity contribution is 7.48. The first kappa shape index (κ1) is 34.8. The highest BCUT2D eigenvalue weighted by Gasteiger charge is 2.38. The Morgan fingerprint density at radius 3 is 2.29 bits per heavy atom. The third-order valence-electron chi connectivity index (χ3n) is 7.65. The van der Waals surface area contributed by atoms with Crippen LogP contribution in [0.3, 0.4) is 0 Å². The second-order valence-electron chi connectivity index (χ2n) is 12.4. The van der Waals surface area contributed by atoms with E-state index in [2.05, 4.69) is 0 Å². The van der Waals surface area contributed by atoms with E-state index >= 15 is 0 Å². The lowest BCUT2D eigenvalue weighted by molar-refractivity contribution is -0.161. The van der Waals surface area contributed by atoms with Gasteiger partial charge in [-0.2, -0.15) is 0 Å². The molecule has 12 heteroatoms. The first-order chi connectivity index (χ1) is 21.3. The molecule has 0 radical (unpaired) electrons. The number of rotatable bonds is 15. The highest BCUT2D eigenvalue weighted by atomic mass is 31.2. The molecule has 2 N–H and O–H groups in total. The van der Waals surface area contributed by atoms with Crippen molar-refractivity contribution in [2.75, 3.05) is 13.2 Å². The average molecular weight is 645 g/mol. The van der Waals surface area contributed by atoms with Gasteiger partial charge in [-0.05, 0) is 75.9 Å². The van der Waals surface area contributed by atoms with Crippen molar-refractivity contribution in [1.29, 1.82) is 0 Å². The fourth-order valence-electron chi connectivity index (χ4n) is 5.27. The number of phosphoric acid groups is 1. The van der Waals surface area contributed by atoms with E-state index in [1.54, 1.807) is 52.0 Å². The van der Waals surface area contributed by atoms with Crippen LogP contribution in [0.1, 0.15) is 96.8 Å². The molecule has 0 amide bonds. The lowest BCUT2D eigenvalue weighted by Crippen LogP contribution is -2.36. The van der Waals surface area contributed by atoms with Crippen molar-refractivity contribution in [2.24, 2.45) is 0 Å². The second-order valence-corrected chi connectivity index (χ2v) is 14.0. The Hall–Kier alpha value is -3.08. The van der Waals surface area contributed by atoms with Crippen LogP contribution >= 0.6 is 7.82 Å². The van der Waals surface area contributed by atoms with Crippen LogP contribution < -0.4 is 10.1 Å². The molecule has 1 aliphatic heterocycles. The van der Waals surface area contributed by atoms with Gasteiger partial charge in [0.15, 0.2) is 0 Å². The summed E-state index contributed by atoms with van der Waals surface area (Å²) in [6.07, 6.45) is 2.90. The molecule has 11 nitrogen and oxygen atoms in total. The molecule has 2 aromatic heterocycles. The molecular formula is C33H45N2O9P.